The summed E-state index contributed by atoms with van der Waals surface area (Å²) in [4.78, 5) is 30.3. The van der Waals surface area contributed by atoms with Gasteiger partial charge in [-0.2, -0.15) is 4.98 Å². The smallest absolute Gasteiger partial charge is 0.261 e. The van der Waals surface area contributed by atoms with Gasteiger partial charge in [0, 0.05) is 23.0 Å². The average Bonchev–Trinajstić information content (AvgIpc) is 3.22. The van der Waals surface area contributed by atoms with Gasteiger partial charge in [0.15, 0.2) is 0 Å². The molecule has 0 spiro atoms. The highest BCUT2D eigenvalue weighted by Crippen LogP contribution is 2.23. The van der Waals surface area contributed by atoms with Crippen LogP contribution in [0.2, 0.25) is 0 Å². The monoisotopic (exact) mass is 411 g/mol. The van der Waals surface area contributed by atoms with Gasteiger partial charge in [0.05, 0.1) is 11.1 Å². The third-order valence-corrected chi connectivity index (χ3v) is 4.75. The number of carbonyl (C=O) groups excluding carboxylic acids is 2. The van der Waals surface area contributed by atoms with Gasteiger partial charge >= 0.3 is 0 Å². The predicted octanol–water partition coefficient (Wildman–Crippen LogP) is 3.73. The van der Waals surface area contributed by atoms with Crippen LogP contribution in [-0.4, -0.2) is 33.4 Å². The van der Waals surface area contributed by atoms with Gasteiger partial charge in [0.25, 0.3) is 11.8 Å². The molecule has 26 heavy (non-hydrogen) atoms. The number of hydrogen-bond donors (Lipinski definition) is 0. The van der Waals surface area contributed by atoms with Crippen molar-refractivity contribution in [2.45, 2.75) is 12.8 Å². The number of imide groups is 1. The molecule has 0 unspecified atom stereocenters. The third-order valence-electron chi connectivity index (χ3n) is 4.22. The normalized spacial score (nSPS) is 13.3. The Balaban J connectivity index is 1.38. The summed E-state index contributed by atoms with van der Waals surface area (Å²) in [5.41, 5.74) is 1.80. The molecule has 0 saturated carbocycles. The summed E-state index contributed by atoms with van der Waals surface area (Å²) in [5.74, 6) is 0.520. The van der Waals surface area contributed by atoms with Gasteiger partial charge in [-0.05, 0) is 42.8 Å². The van der Waals surface area contributed by atoms with E-state index in [0.717, 1.165) is 10.0 Å². The summed E-state index contributed by atoms with van der Waals surface area (Å²) in [6.07, 6.45) is 1.06. The Bertz CT molecular complexity index is 947. The van der Waals surface area contributed by atoms with Gasteiger partial charge in [-0.1, -0.05) is 33.2 Å². The number of rotatable bonds is 5. The molecule has 7 heteroatoms. The van der Waals surface area contributed by atoms with Crippen molar-refractivity contribution in [1.29, 1.82) is 0 Å². The lowest BCUT2D eigenvalue weighted by molar-refractivity contribution is 0.0651. The molecular formula is C19H14BrN3O3. The van der Waals surface area contributed by atoms with Gasteiger partial charge in [-0.25, -0.2) is 0 Å². The molecule has 3 aromatic rings. The molecule has 6 nitrogen and oxygen atoms in total. The summed E-state index contributed by atoms with van der Waals surface area (Å²) in [7, 11) is 0. The minimum atomic E-state index is -0.244. The molecule has 0 radical (unpaired) electrons. The van der Waals surface area contributed by atoms with Gasteiger partial charge in [-0.3, -0.25) is 14.5 Å². The maximum absolute atomic E-state index is 12.3. The number of aromatic nitrogens is 2. The molecule has 2 heterocycles. The lowest BCUT2D eigenvalue weighted by Gasteiger charge is -2.12. The van der Waals surface area contributed by atoms with Crippen LogP contribution in [0, 0.1) is 0 Å². The van der Waals surface area contributed by atoms with Crippen LogP contribution in [-0.2, 0) is 6.42 Å². The van der Waals surface area contributed by atoms with E-state index in [0.29, 0.717) is 42.2 Å². The maximum Gasteiger partial charge on any atom is 0.261 e. The van der Waals surface area contributed by atoms with Crippen molar-refractivity contribution in [3.05, 3.63) is 70.0 Å². The van der Waals surface area contributed by atoms with Crippen molar-refractivity contribution in [2.24, 2.45) is 0 Å². The van der Waals surface area contributed by atoms with Gasteiger partial charge in [-0.15, -0.1) is 0 Å². The van der Waals surface area contributed by atoms with E-state index in [4.69, 9.17) is 4.52 Å². The van der Waals surface area contributed by atoms with Crippen molar-refractivity contribution >= 4 is 27.7 Å². The second kappa shape index (κ2) is 6.84. The Morgan fingerprint density at radius 1 is 0.962 bits per heavy atom. The molecule has 0 saturated heterocycles. The number of hydrogen-bond acceptors (Lipinski definition) is 5. The fourth-order valence-electron chi connectivity index (χ4n) is 2.90. The van der Waals surface area contributed by atoms with E-state index in [1.54, 1.807) is 24.3 Å². The van der Waals surface area contributed by atoms with E-state index < -0.39 is 0 Å². The summed E-state index contributed by atoms with van der Waals surface area (Å²) >= 11 is 3.39. The lowest BCUT2D eigenvalue weighted by atomic mass is 10.1. The fraction of sp³-hybridized carbons (Fsp3) is 0.158. The third kappa shape index (κ3) is 3.06. The molecule has 0 bridgehead atoms. The molecular weight excluding hydrogens is 398 g/mol. The molecule has 0 aliphatic carbocycles. The zero-order valence-corrected chi connectivity index (χ0v) is 15.3. The Hall–Kier alpha value is -2.80. The van der Waals surface area contributed by atoms with Gasteiger partial charge in [0.1, 0.15) is 0 Å². The number of halogens is 1. The molecule has 0 fully saturated rings. The minimum absolute atomic E-state index is 0.244. The lowest BCUT2D eigenvalue weighted by Crippen LogP contribution is -2.30. The van der Waals surface area contributed by atoms with Crippen molar-refractivity contribution in [2.75, 3.05) is 6.54 Å². The van der Waals surface area contributed by atoms with Crippen molar-refractivity contribution in [1.82, 2.24) is 15.0 Å². The number of fused-ring (bicyclic) bond motifs is 1. The molecule has 2 amide bonds. The molecule has 4 rings (SSSR count). The number of nitrogens with zero attached hydrogens (tertiary/aromatic N) is 3. The van der Waals surface area contributed by atoms with Gasteiger partial charge < -0.3 is 4.52 Å². The van der Waals surface area contributed by atoms with E-state index >= 15 is 0 Å². The van der Waals surface area contributed by atoms with Crippen LogP contribution in [0.4, 0.5) is 0 Å². The number of benzene rings is 2. The Morgan fingerprint density at radius 3 is 2.27 bits per heavy atom. The summed E-state index contributed by atoms with van der Waals surface area (Å²) in [5, 5.41) is 3.98. The fourth-order valence-corrected chi connectivity index (χ4v) is 3.17. The largest absolute Gasteiger partial charge is 0.339 e. The van der Waals surface area contributed by atoms with Crippen molar-refractivity contribution < 1.29 is 14.1 Å². The standard InChI is InChI=1S/C19H14BrN3O3/c20-13-9-7-12(8-10-13)17-21-16(26-22-17)6-3-11-23-18(24)14-4-1-2-5-15(14)19(23)25/h1-2,4-5,7-10H,3,6,11H2. The molecule has 1 aliphatic heterocycles. The zero-order chi connectivity index (χ0) is 18.1. The van der Waals surface area contributed by atoms with Crippen LogP contribution in [0.5, 0.6) is 0 Å². The Labute approximate surface area is 157 Å². The van der Waals surface area contributed by atoms with Crippen LogP contribution in [0.3, 0.4) is 0 Å². The van der Waals surface area contributed by atoms with Crippen molar-refractivity contribution in [3.63, 3.8) is 0 Å². The molecule has 130 valence electrons. The van der Waals surface area contributed by atoms with E-state index in [-0.39, 0.29) is 11.8 Å². The second-order valence-electron chi connectivity index (χ2n) is 5.93. The molecule has 0 N–H and O–H groups in total. The van der Waals surface area contributed by atoms with E-state index in [9.17, 15) is 9.59 Å². The number of amides is 2. The number of aryl methyl sites for hydroxylation is 1. The molecule has 0 atom stereocenters. The first-order valence-electron chi connectivity index (χ1n) is 8.17. The quantitative estimate of drug-likeness (QED) is 0.597. The first kappa shape index (κ1) is 16.7. The van der Waals surface area contributed by atoms with Gasteiger partial charge in [0.2, 0.25) is 11.7 Å². The molecule has 1 aliphatic rings. The van der Waals surface area contributed by atoms with Crippen LogP contribution < -0.4 is 0 Å². The van der Waals surface area contributed by atoms with E-state index in [1.165, 1.54) is 4.90 Å². The van der Waals surface area contributed by atoms with E-state index in [1.807, 2.05) is 24.3 Å². The van der Waals surface area contributed by atoms with Crippen LogP contribution in [0.15, 0.2) is 57.5 Å². The number of carbonyl (C=O) groups is 2. The maximum atomic E-state index is 12.3. The van der Waals surface area contributed by atoms with Crippen LogP contribution >= 0.6 is 15.9 Å². The predicted molar refractivity (Wildman–Crippen MR) is 97.6 cm³/mol. The summed E-state index contributed by atoms with van der Waals surface area (Å²) in [6.45, 7) is 0.322. The SMILES string of the molecule is O=C1c2ccccc2C(=O)N1CCCc1nc(-c2ccc(Br)cc2)no1. The highest BCUT2D eigenvalue weighted by molar-refractivity contribution is 9.10. The van der Waals surface area contributed by atoms with Crippen molar-refractivity contribution in [3.8, 4) is 11.4 Å². The van der Waals surface area contributed by atoms with Crippen LogP contribution in [0.25, 0.3) is 11.4 Å². The zero-order valence-electron chi connectivity index (χ0n) is 13.7. The summed E-state index contributed by atoms with van der Waals surface area (Å²) in [6, 6.07) is 14.5. The highest BCUT2D eigenvalue weighted by Gasteiger charge is 2.34. The molecule has 2 aromatic carbocycles. The Morgan fingerprint density at radius 2 is 1.62 bits per heavy atom. The van der Waals surface area contributed by atoms with E-state index in [2.05, 4.69) is 26.1 Å². The second-order valence-corrected chi connectivity index (χ2v) is 6.85. The first-order valence-corrected chi connectivity index (χ1v) is 8.96. The van der Waals surface area contributed by atoms with Crippen LogP contribution in [0.1, 0.15) is 33.0 Å². The Kier molecular flexibility index (Phi) is 4.38. The minimum Gasteiger partial charge on any atom is -0.339 e. The first-order chi connectivity index (χ1) is 12.6. The topological polar surface area (TPSA) is 76.3 Å². The molecule has 1 aromatic heterocycles. The average molecular weight is 412 g/mol. The summed E-state index contributed by atoms with van der Waals surface area (Å²) < 4.78 is 6.25. The highest BCUT2D eigenvalue weighted by atomic mass is 79.9.